The molecule has 17 heteroatoms. The molecule has 0 aromatic heterocycles. The molecule has 0 aromatic rings. The second-order valence-electron chi connectivity index (χ2n) is 26.7. The molecule has 542 valence electrons. The van der Waals surface area contributed by atoms with Crippen molar-refractivity contribution in [2.75, 3.05) is 91.2 Å². The van der Waals surface area contributed by atoms with Crippen LogP contribution in [0.25, 0.3) is 0 Å². The molecule has 0 aliphatic heterocycles. The third-order valence-corrected chi connectivity index (χ3v) is 19.6. The van der Waals surface area contributed by atoms with Gasteiger partial charge in [-0.1, -0.05) is 241 Å². The quantitative estimate of drug-likeness (QED) is 0.0145. The molecule has 0 radical (unpaired) electrons. The molecule has 0 fully saturated rings. The fourth-order valence-corrected chi connectivity index (χ4v) is 13.7. The SMILES string of the molecule is CCCCCC/C=C\COC(=O)CCCCCC(O)CN(CCCCSSCCC(NC(=O)CCCN(CC(O)CCCCCCCCCC)CC(O)CCCCCCCCCC)C(=O)NCCCN(C)C)CC(O)CCCCCC(=O)OC/C=C\CCCCCC. The van der Waals surface area contributed by atoms with E-state index in [1.165, 1.54) is 116 Å². The first kappa shape index (κ1) is 89.8. The molecule has 0 spiro atoms. The van der Waals surface area contributed by atoms with Gasteiger partial charge in [0.1, 0.15) is 19.3 Å². The number of allylic oxidation sites excluding steroid dienone is 2. The molecule has 0 aromatic carbocycles. The Hall–Kier alpha value is -2.22. The summed E-state index contributed by atoms with van der Waals surface area (Å²) in [7, 11) is 7.49. The molecule has 0 aliphatic carbocycles. The normalized spacial score (nSPS) is 13.6. The van der Waals surface area contributed by atoms with E-state index < -0.39 is 30.5 Å². The molecule has 0 saturated heterocycles. The molecule has 6 N–H and O–H groups in total. The van der Waals surface area contributed by atoms with Crippen LogP contribution >= 0.6 is 21.6 Å². The van der Waals surface area contributed by atoms with Crippen molar-refractivity contribution < 1.29 is 49.1 Å². The first-order valence-corrected chi connectivity index (χ1v) is 40.5. The summed E-state index contributed by atoms with van der Waals surface area (Å²) in [6.07, 6.45) is 49.2. The van der Waals surface area contributed by atoms with Gasteiger partial charge in [0.2, 0.25) is 11.8 Å². The number of amides is 2. The number of esters is 2. The minimum atomic E-state index is -0.656. The number of nitrogens with zero attached hydrogens (tertiary/aromatic N) is 3. The number of carbonyl (C=O) groups is 4. The van der Waals surface area contributed by atoms with Crippen LogP contribution in [0.15, 0.2) is 24.3 Å². The van der Waals surface area contributed by atoms with E-state index in [0.29, 0.717) is 96.8 Å². The second kappa shape index (κ2) is 68.7. The highest BCUT2D eigenvalue weighted by atomic mass is 33.1. The standard InChI is InChI=1S/C75H145N5O10S2/c1-7-11-15-19-23-25-29-35-47-67(81)65-80(66-68(82)48-36-30-26-24-20-16-12-8-2)58-45-51-72(85)77-71(75(88)76-55-46-56-78(5)6)54-62-92-91-61-44-41-57-79(63-69(83)49-37-33-39-52-73(86)89-59-42-31-27-21-17-13-9-3)64-70(84)50-38-34-40-53-74(87)90-60-43-32-28-22-18-14-10-4/h31-32,42-43,67-71,81-84H,7-30,33-41,44-66H2,1-6H3,(H,76,88)(H,77,85)/b42-31-,43-32-. The third-order valence-electron chi connectivity index (χ3n) is 17.1. The zero-order valence-electron chi connectivity index (χ0n) is 60.2. The monoisotopic (exact) mass is 1340 g/mol. The molecule has 2 amide bonds. The molecule has 0 heterocycles. The topological polar surface area (TPSA) is 201 Å². The van der Waals surface area contributed by atoms with Gasteiger partial charge in [0.25, 0.3) is 0 Å². The molecule has 5 atom stereocenters. The number of carbonyl (C=O) groups excluding carboxylic acids is 4. The molecular weight excluding hydrogens is 1190 g/mol. The lowest BCUT2D eigenvalue weighted by molar-refractivity contribution is -0.143. The summed E-state index contributed by atoms with van der Waals surface area (Å²) >= 11 is 0. The summed E-state index contributed by atoms with van der Waals surface area (Å²) in [6.45, 7) is 14.1. The first-order chi connectivity index (χ1) is 44.7. The van der Waals surface area contributed by atoms with E-state index >= 15 is 0 Å². The number of ether oxygens (including phenoxy) is 2. The zero-order valence-corrected chi connectivity index (χ0v) is 61.8. The summed E-state index contributed by atoms with van der Waals surface area (Å²) in [5.41, 5.74) is 0. The van der Waals surface area contributed by atoms with Crippen molar-refractivity contribution in [3.63, 3.8) is 0 Å². The van der Waals surface area contributed by atoms with Crippen LogP contribution in [0.5, 0.6) is 0 Å². The maximum Gasteiger partial charge on any atom is 0.306 e. The largest absolute Gasteiger partial charge is 0.461 e. The van der Waals surface area contributed by atoms with Crippen molar-refractivity contribution in [3.8, 4) is 0 Å². The second-order valence-corrected chi connectivity index (χ2v) is 29.4. The van der Waals surface area contributed by atoms with Crippen LogP contribution in [0, 0.1) is 0 Å². The smallest absolute Gasteiger partial charge is 0.306 e. The minimum absolute atomic E-state index is 0.164. The van der Waals surface area contributed by atoms with Gasteiger partial charge in [0.15, 0.2) is 0 Å². The van der Waals surface area contributed by atoms with Crippen molar-refractivity contribution in [2.24, 2.45) is 0 Å². The van der Waals surface area contributed by atoms with Crippen molar-refractivity contribution >= 4 is 45.3 Å². The van der Waals surface area contributed by atoms with E-state index in [9.17, 15) is 39.6 Å². The maximum atomic E-state index is 13.6. The van der Waals surface area contributed by atoms with Gasteiger partial charge in [0, 0.05) is 63.5 Å². The maximum absolute atomic E-state index is 13.6. The lowest BCUT2D eigenvalue weighted by Gasteiger charge is -2.27. The van der Waals surface area contributed by atoms with Crippen LogP contribution < -0.4 is 10.6 Å². The van der Waals surface area contributed by atoms with Gasteiger partial charge in [-0.2, -0.15) is 0 Å². The van der Waals surface area contributed by atoms with Gasteiger partial charge < -0.3 is 45.4 Å². The van der Waals surface area contributed by atoms with Crippen LogP contribution in [-0.4, -0.2) is 181 Å². The number of unbranched alkanes of at least 4 members (excludes halogenated alkanes) is 27. The van der Waals surface area contributed by atoms with Crippen molar-refractivity contribution in [1.82, 2.24) is 25.3 Å². The van der Waals surface area contributed by atoms with E-state index in [4.69, 9.17) is 9.47 Å². The van der Waals surface area contributed by atoms with Crippen LogP contribution in [0.3, 0.4) is 0 Å². The fourth-order valence-electron chi connectivity index (χ4n) is 11.4. The van der Waals surface area contributed by atoms with E-state index in [1.54, 1.807) is 21.6 Å². The van der Waals surface area contributed by atoms with Gasteiger partial charge in [-0.25, -0.2) is 0 Å². The van der Waals surface area contributed by atoms with Gasteiger partial charge in [0.05, 0.1) is 24.4 Å². The molecule has 0 saturated carbocycles. The molecule has 0 aliphatic rings. The Balaban J connectivity index is 5.42. The average molecular weight is 1340 g/mol. The number of hydrogen-bond acceptors (Lipinski definition) is 15. The third kappa shape index (κ3) is 63.8. The Morgan fingerprint density at radius 3 is 1.21 bits per heavy atom. The first-order valence-electron chi connectivity index (χ1n) is 38.0. The Morgan fingerprint density at radius 1 is 0.402 bits per heavy atom. The Morgan fingerprint density at radius 2 is 0.783 bits per heavy atom. The summed E-state index contributed by atoms with van der Waals surface area (Å²) in [5.74, 6) is 0.877. The number of nitrogens with one attached hydrogen (secondary N) is 2. The fraction of sp³-hybridized carbons (Fsp3) is 0.893. The van der Waals surface area contributed by atoms with Crippen molar-refractivity contribution in [3.05, 3.63) is 24.3 Å². The summed E-state index contributed by atoms with van der Waals surface area (Å²) in [5, 5.41) is 50.9. The lowest BCUT2D eigenvalue weighted by Crippen LogP contribution is -2.47. The van der Waals surface area contributed by atoms with Crippen LogP contribution in [-0.2, 0) is 28.7 Å². The number of aliphatic hydroxyl groups excluding tert-OH is 4. The van der Waals surface area contributed by atoms with Crippen LogP contribution in [0.2, 0.25) is 0 Å². The molecular formula is C75H145N5O10S2. The summed E-state index contributed by atoms with van der Waals surface area (Å²) < 4.78 is 10.8. The summed E-state index contributed by atoms with van der Waals surface area (Å²) in [6, 6.07) is -0.656. The van der Waals surface area contributed by atoms with Crippen molar-refractivity contribution in [1.29, 1.82) is 0 Å². The molecule has 0 rings (SSSR count). The van der Waals surface area contributed by atoms with Crippen molar-refractivity contribution in [2.45, 2.75) is 341 Å². The number of rotatable bonds is 71. The zero-order chi connectivity index (χ0) is 67.6. The molecule has 0 bridgehead atoms. The van der Waals surface area contributed by atoms with E-state index in [2.05, 4.69) is 65.2 Å². The highest BCUT2D eigenvalue weighted by Crippen LogP contribution is 2.25. The van der Waals surface area contributed by atoms with Gasteiger partial charge >= 0.3 is 11.9 Å². The Labute approximate surface area is 572 Å². The van der Waals surface area contributed by atoms with Crippen LogP contribution in [0.4, 0.5) is 0 Å². The predicted molar refractivity (Wildman–Crippen MR) is 391 cm³/mol. The Kier molecular flexibility index (Phi) is 67.1. The molecule has 15 nitrogen and oxygen atoms in total. The minimum Gasteiger partial charge on any atom is -0.461 e. The van der Waals surface area contributed by atoms with E-state index in [-0.39, 0.29) is 30.2 Å². The van der Waals surface area contributed by atoms with E-state index in [1.807, 2.05) is 26.2 Å². The predicted octanol–water partition coefficient (Wildman–Crippen LogP) is 16.0. The van der Waals surface area contributed by atoms with Gasteiger partial charge in [-0.05, 0) is 130 Å². The van der Waals surface area contributed by atoms with E-state index in [0.717, 1.165) is 141 Å². The van der Waals surface area contributed by atoms with Crippen LogP contribution in [0.1, 0.15) is 310 Å². The average Bonchev–Trinajstić information content (AvgIpc) is 3.30. The van der Waals surface area contributed by atoms with Gasteiger partial charge in [-0.15, -0.1) is 0 Å². The number of aliphatic hydroxyl groups is 4. The highest BCUT2D eigenvalue weighted by molar-refractivity contribution is 8.76. The Bertz CT molecular complexity index is 1630. The van der Waals surface area contributed by atoms with Gasteiger partial charge in [-0.3, -0.25) is 29.0 Å². The summed E-state index contributed by atoms with van der Waals surface area (Å²) in [4.78, 5) is 58.3. The highest BCUT2D eigenvalue weighted by Gasteiger charge is 2.22. The molecule has 92 heavy (non-hydrogen) atoms. The lowest BCUT2D eigenvalue weighted by atomic mass is 10.0. The number of hydrogen-bond donors (Lipinski definition) is 6. The molecule has 5 unspecified atom stereocenters.